The van der Waals surface area contributed by atoms with E-state index in [0.29, 0.717) is 5.75 Å². The summed E-state index contributed by atoms with van der Waals surface area (Å²) < 4.78 is 5.46. The van der Waals surface area contributed by atoms with E-state index in [2.05, 4.69) is 16.6 Å². The number of ether oxygens (including phenoxy) is 1. The number of hydrogen-bond acceptors (Lipinski definition) is 3. The van der Waals surface area contributed by atoms with Gasteiger partial charge in [-0.3, -0.25) is 4.79 Å². The Bertz CT molecular complexity index is 656. The lowest BCUT2D eigenvalue weighted by Crippen LogP contribution is -2.24. The van der Waals surface area contributed by atoms with Gasteiger partial charge >= 0.3 is 0 Å². The molecular formula is C18H20N2O2. The maximum Gasteiger partial charge on any atom is 0.277 e. The van der Waals surface area contributed by atoms with Crippen molar-refractivity contribution >= 4 is 12.1 Å². The molecule has 2 rings (SSSR count). The van der Waals surface area contributed by atoms with E-state index in [1.54, 1.807) is 6.21 Å². The van der Waals surface area contributed by atoms with Crippen LogP contribution in [0, 0.1) is 20.8 Å². The van der Waals surface area contributed by atoms with E-state index in [9.17, 15) is 4.79 Å². The van der Waals surface area contributed by atoms with Gasteiger partial charge in [0, 0.05) is 0 Å². The summed E-state index contributed by atoms with van der Waals surface area (Å²) in [4.78, 5) is 11.7. The molecular weight excluding hydrogens is 276 g/mol. The highest BCUT2D eigenvalue weighted by molar-refractivity contribution is 5.82. The highest BCUT2D eigenvalue weighted by Gasteiger charge is 2.02. The molecule has 0 aliphatic heterocycles. The zero-order valence-electron chi connectivity index (χ0n) is 13.1. The van der Waals surface area contributed by atoms with E-state index in [1.807, 2.05) is 57.2 Å². The Hall–Kier alpha value is -2.62. The average molecular weight is 296 g/mol. The van der Waals surface area contributed by atoms with Crippen LogP contribution in [0.1, 0.15) is 22.3 Å². The minimum atomic E-state index is -0.289. The number of nitrogens with zero attached hydrogens (tertiary/aromatic N) is 1. The van der Waals surface area contributed by atoms with E-state index >= 15 is 0 Å². The highest BCUT2D eigenvalue weighted by atomic mass is 16.5. The van der Waals surface area contributed by atoms with Crippen LogP contribution in [0.2, 0.25) is 0 Å². The van der Waals surface area contributed by atoms with Crippen molar-refractivity contribution in [2.24, 2.45) is 5.10 Å². The predicted octanol–water partition coefficient (Wildman–Crippen LogP) is 3.14. The van der Waals surface area contributed by atoms with Crippen LogP contribution in [-0.4, -0.2) is 18.7 Å². The number of hydrazone groups is 1. The van der Waals surface area contributed by atoms with E-state index in [4.69, 9.17) is 4.74 Å². The number of nitrogens with one attached hydrogen (secondary N) is 1. The Labute approximate surface area is 130 Å². The summed E-state index contributed by atoms with van der Waals surface area (Å²) in [7, 11) is 0. The SMILES string of the molecule is Cc1ccc(/C=N\NC(=O)COc2cc(C)cc(C)c2)cc1. The largest absolute Gasteiger partial charge is 0.484 e. The van der Waals surface area contributed by atoms with Crippen LogP contribution >= 0.6 is 0 Å². The third-order valence-electron chi connectivity index (χ3n) is 3.05. The van der Waals surface area contributed by atoms with Gasteiger partial charge in [-0.05, 0) is 49.6 Å². The Kier molecular flexibility index (Phi) is 5.31. The normalized spacial score (nSPS) is 10.7. The fraction of sp³-hybridized carbons (Fsp3) is 0.222. The van der Waals surface area contributed by atoms with Gasteiger partial charge < -0.3 is 4.74 Å². The molecule has 2 aromatic rings. The first-order chi connectivity index (χ1) is 10.5. The molecule has 0 radical (unpaired) electrons. The van der Waals surface area contributed by atoms with Gasteiger partial charge in [-0.2, -0.15) is 5.10 Å². The summed E-state index contributed by atoms with van der Waals surface area (Å²) in [5.41, 5.74) is 6.77. The summed E-state index contributed by atoms with van der Waals surface area (Å²) >= 11 is 0. The number of rotatable bonds is 5. The number of carbonyl (C=O) groups is 1. The Balaban J connectivity index is 1.81. The van der Waals surface area contributed by atoms with Crippen LogP contribution in [0.5, 0.6) is 5.75 Å². The smallest absolute Gasteiger partial charge is 0.277 e. The molecule has 0 bridgehead atoms. The topological polar surface area (TPSA) is 50.7 Å². The number of hydrogen-bond donors (Lipinski definition) is 1. The van der Waals surface area contributed by atoms with Gasteiger partial charge in [0.15, 0.2) is 6.61 Å². The summed E-state index contributed by atoms with van der Waals surface area (Å²) in [6.07, 6.45) is 1.61. The number of amides is 1. The van der Waals surface area contributed by atoms with Crippen molar-refractivity contribution in [1.29, 1.82) is 0 Å². The first-order valence-corrected chi connectivity index (χ1v) is 7.12. The predicted molar refractivity (Wildman–Crippen MR) is 88.3 cm³/mol. The molecule has 0 aromatic heterocycles. The van der Waals surface area contributed by atoms with Gasteiger partial charge in [0.2, 0.25) is 0 Å². The molecule has 0 atom stereocenters. The maximum atomic E-state index is 11.7. The summed E-state index contributed by atoms with van der Waals surface area (Å²) in [6, 6.07) is 13.7. The second-order valence-corrected chi connectivity index (χ2v) is 5.32. The molecule has 4 nitrogen and oxygen atoms in total. The molecule has 4 heteroatoms. The molecule has 114 valence electrons. The molecule has 0 fully saturated rings. The molecule has 0 unspecified atom stereocenters. The van der Waals surface area contributed by atoms with E-state index < -0.39 is 0 Å². The second-order valence-electron chi connectivity index (χ2n) is 5.32. The molecule has 2 aromatic carbocycles. The second kappa shape index (κ2) is 7.41. The van der Waals surface area contributed by atoms with Crippen LogP contribution < -0.4 is 10.2 Å². The van der Waals surface area contributed by atoms with Gasteiger partial charge in [-0.25, -0.2) is 5.43 Å². The van der Waals surface area contributed by atoms with Gasteiger partial charge in [-0.15, -0.1) is 0 Å². The molecule has 1 N–H and O–H groups in total. The lowest BCUT2D eigenvalue weighted by Gasteiger charge is -2.07. The lowest BCUT2D eigenvalue weighted by atomic mass is 10.1. The van der Waals surface area contributed by atoms with Gasteiger partial charge in [0.25, 0.3) is 5.91 Å². The number of benzene rings is 2. The van der Waals surface area contributed by atoms with E-state index in [0.717, 1.165) is 16.7 Å². The molecule has 0 saturated heterocycles. The quantitative estimate of drug-likeness (QED) is 0.680. The third kappa shape index (κ3) is 5.05. The molecule has 22 heavy (non-hydrogen) atoms. The summed E-state index contributed by atoms with van der Waals surface area (Å²) in [5, 5.41) is 3.91. The monoisotopic (exact) mass is 296 g/mol. The van der Waals surface area contributed by atoms with Crippen molar-refractivity contribution in [2.45, 2.75) is 20.8 Å². The van der Waals surface area contributed by atoms with Gasteiger partial charge in [0.05, 0.1) is 6.21 Å². The van der Waals surface area contributed by atoms with Crippen LogP contribution in [0.4, 0.5) is 0 Å². The van der Waals surface area contributed by atoms with E-state index in [1.165, 1.54) is 5.56 Å². The van der Waals surface area contributed by atoms with Crippen LogP contribution in [0.3, 0.4) is 0 Å². The minimum Gasteiger partial charge on any atom is -0.484 e. The first kappa shape index (κ1) is 15.8. The Morgan fingerprint density at radius 1 is 1.05 bits per heavy atom. The van der Waals surface area contributed by atoms with Crippen LogP contribution in [-0.2, 0) is 4.79 Å². The van der Waals surface area contributed by atoms with Crippen molar-refractivity contribution in [2.75, 3.05) is 6.61 Å². The molecule has 0 aliphatic rings. The molecule has 1 amide bonds. The highest BCUT2D eigenvalue weighted by Crippen LogP contribution is 2.15. The molecule has 0 saturated carbocycles. The van der Waals surface area contributed by atoms with Gasteiger partial charge in [0.1, 0.15) is 5.75 Å². The fourth-order valence-electron chi connectivity index (χ4n) is 2.03. The molecule has 0 aliphatic carbocycles. The lowest BCUT2D eigenvalue weighted by molar-refractivity contribution is -0.123. The van der Waals surface area contributed by atoms with Crippen molar-refractivity contribution in [3.8, 4) is 5.75 Å². The van der Waals surface area contributed by atoms with E-state index in [-0.39, 0.29) is 12.5 Å². The molecule has 0 spiro atoms. The standard InChI is InChI=1S/C18H20N2O2/c1-13-4-6-16(7-5-13)11-19-20-18(21)12-22-17-9-14(2)8-15(3)10-17/h4-11H,12H2,1-3H3,(H,20,21)/b19-11-. The summed E-state index contributed by atoms with van der Waals surface area (Å²) in [5.74, 6) is 0.401. The zero-order chi connectivity index (χ0) is 15.9. The zero-order valence-corrected chi connectivity index (χ0v) is 13.1. The third-order valence-corrected chi connectivity index (χ3v) is 3.05. The van der Waals surface area contributed by atoms with Crippen molar-refractivity contribution in [1.82, 2.24) is 5.43 Å². The Morgan fingerprint density at radius 2 is 1.68 bits per heavy atom. The van der Waals surface area contributed by atoms with Crippen LogP contribution in [0.25, 0.3) is 0 Å². The first-order valence-electron chi connectivity index (χ1n) is 7.12. The van der Waals surface area contributed by atoms with Gasteiger partial charge in [-0.1, -0.05) is 35.9 Å². The van der Waals surface area contributed by atoms with Crippen molar-refractivity contribution < 1.29 is 9.53 Å². The fourth-order valence-corrected chi connectivity index (χ4v) is 2.03. The molecule has 0 heterocycles. The number of carbonyl (C=O) groups excluding carboxylic acids is 1. The van der Waals surface area contributed by atoms with Crippen molar-refractivity contribution in [3.63, 3.8) is 0 Å². The maximum absolute atomic E-state index is 11.7. The number of aryl methyl sites for hydroxylation is 3. The van der Waals surface area contributed by atoms with Crippen molar-refractivity contribution in [3.05, 3.63) is 64.7 Å². The summed E-state index contributed by atoms with van der Waals surface area (Å²) in [6.45, 7) is 5.94. The Morgan fingerprint density at radius 3 is 2.32 bits per heavy atom. The van der Waals surface area contributed by atoms with Crippen LogP contribution in [0.15, 0.2) is 47.6 Å². The average Bonchev–Trinajstić information content (AvgIpc) is 2.46. The minimum absolute atomic E-state index is 0.0614.